The molecule has 82 valence electrons. The summed E-state index contributed by atoms with van der Waals surface area (Å²) in [5, 5.41) is 0. The van der Waals surface area contributed by atoms with E-state index in [9.17, 15) is 4.79 Å². The highest BCUT2D eigenvalue weighted by atomic mass is 35.5. The van der Waals surface area contributed by atoms with Crippen molar-refractivity contribution in [3.63, 3.8) is 0 Å². The maximum absolute atomic E-state index is 10.9. The molecule has 0 saturated carbocycles. The van der Waals surface area contributed by atoms with E-state index in [2.05, 4.69) is 0 Å². The highest BCUT2D eigenvalue weighted by Crippen LogP contribution is 2.06. The van der Waals surface area contributed by atoms with E-state index in [-0.39, 0.29) is 5.97 Å². The zero-order chi connectivity index (χ0) is 10.6. The average molecular weight is 219 g/mol. The zero-order valence-electron chi connectivity index (χ0n) is 8.80. The lowest BCUT2D eigenvalue weighted by atomic mass is 10.1. The second-order valence-electron chi connectivity index (χ2n) is 3.12. The Morgan fingerprint density at radius 1 is 1.29 bits per heavy atom. The van der Waals surface area contributed by atoms with Crippen LogP contribution in [-0.2, 0) is 9.53 Å². The fraction of sp³-hybridized carbons (Fsp3) is 0.727. The topological polar surface area (TPSA) is 26.3 Å². The number of allylic oxidation sites excluding steroid dienone is 1. The van der Waals surface area contributed by atoms with Crippen molar-refractivity contribution in [1.82, 2.24) is 0 Å². The molecule has 0 aromatic rings. The molecule has 3 heteroatoms. The first-order valence-corrected chi connectivity index (χ1v) is 5.65. The van der Waals surface area contributed by atoms with Crippen LogP contribution in [0.25, 0.3) is 0 Å². The number of unbranched alkanes of at least 4 members (excludes halogenated alkanes) is 4. The second kappa shape index (κ2) is 10.6. The van der Waals surface area contributed by atoms with Gasteiger partial charge in [0.05, 0.1) is 6.61 Å². The Morgan fingerprint density at radius 3 is 2.64 bits per heavy atom. The van der Waals surface area contributed by atoms with Crippen LogP contribution in [0.2, 0.25) is 0 Å². The lowest BCUT2D eigenvalue weighted by molar-refractivity contribution is -0.143. The molecule has 0 fully saturated rings. The van der Waals surface area contributed by atoms with E-state index in [0.29, 0.717) is 13.0 Å². The third-order valence-corrected chi connectivity index (χ3v) is 2.07. The molecule has 0 heterocycles. The smallest absolute Gasteiger partial charge is 0.305 e. The van der Waals surface area contributed by atoms with Gasteiger partial charge in [0.25, 0.3) is 0 Å². The van der Waals surface area contributed by atoms with Crippen LogP contribution in [-0.4, -0.2) is 12.6 Å². The fourth-order valence-electron chi connectivity index (χ4n) is 1.18. The van der Waals surface area contributed by atoms with Gasteiger partial charge in [-0.1, -0.05) is 30.5 Å². The molecule has 0 saturated heterocycles. The third kappa shape index (κ3) is 9.59. The van der Waals surface area contributed by atoms with E-state index in [0.717, 1.165) is 32.1 Å². The van der Waals surface area contributed by atoms with Crippen molar-refractivity contribution in [2.24, 2.45) is 0 Å². The summed E-state index contributed by atoms with van der Waals surface area (Å²) < 4.78 is 4.82. The Labute approximate surface area is 91.3 Å². The van der Waals surface area contributed by atoms with Crippen molar-refractivity contribution < 1.29 is 9.53 Å². The van der Waals surface area contributed by atoms with E-state index in [1.54, 1.807) is 5.54 Å². The number of halogens is 1. The quantitative estimate of drug-likeness (QED) is 0.459. The highest BCUT2D eigenvalue weighted by Gasteiger charge is 1.99. The molecule has 0 bridgehead atoms. The van der Waals surface area contributed by atoms with Gasteiger partial charge in [-0.05, 0) is 26.2 Å². The molecule has 0 aliphatic heterocycles. The summed E-state index contributed by atoms with van der Waals surface area (Å²) in [6.45, 7) is 2.32. The Morgan fingerprint density at radius 2 is 2.00 bits per heavy atom. The summed E-state index contributed by atoms with van der Waals surface area (Å²) >= 11 is 5.38. The van der Waals surface area contributed by atoms with Crippen LogP contribution in [0.15, 0.2) is 11.6 Å². The molecule has 0 N–H and O–H groups in total. The largest absolute Gasteiger partial charge is 0.466 e. The maximum Gasteiger partial charge on any atom is 0.305 e. The van der Waals surface area contributed by atoms with E-state index in [1.807, 2.05) is 13.0 Å². The number of rotatable bonds is 8. The fourth-order valence-corrected chi connectivity index (χ4v) is 1.31. The molecule has 0 aliphatic rings. The number of carbonyl (C=O) groups excluding carboxylic acids is 1. The van der Waals surface area contributed by atoms with Crippen molar-refractivity contribution in [3.8, 4) is 0 Å². The molecule has 0 aromatic carbocycles. The van der Waals surface area contributed by atoms with Crippen molar-refractivity contribution in [3.05, 3.63) is 11.6 Å². The molecular formula is C11H19ClO2. The third-order valence-electron chi connectivity index (χ3n) is 1.90. The summed E-state index contributed by atoms with van der Waals surface area (Å²) in [5.41, 5.74) is 1.55. The van der Waals surface area contributed by atoms with Gasteiger partial charge in [-0.25, -0.2) is 0 Å². The Hall–Kier alpha value is -0.500. The minimum Gasteiger partial charge on any atom is -0.466 e. The first-order valence-electron chi connectivity index (χ1n) is 5.22. The Balaban J connectivity index is 3.09. The van der Waals surface area contributed by atoms with Crippen molar-refractivity contribution >= 4 is 17.6 Å². The maximum atomic E-state index is 10.9. The second-order valence-corrected chi connectivity index (χ2v) is 3.37. The van der Waals surface area contributed by atoms with Gasteiger partial charge in [-0.2, -0.15) is 0 Å². The van der Waals surface area contributed by atoms with E-state index < -0.39 is 0 Å². The molecule has 0 rings (SSSR count). The molecule has 0 spiro atoms. The van der Waals surface area contributed by atoms with Gasteiger partial charge < -0.3 is 4.74 Å². The molecule has 14 heavy (non-hydrogen) atoms. The van der Waals surface area contributed by atoms with Crippen molar-refractivity contribution in [2.45, 2.75) is 45.4 Å². The average Bonchev–Trinajstić information content (AvgIpc) is 2.17. The molecule has 0 radical (unpaired) electrons. The number of esters is 1. The van der Waals surface area contributed by atoms with Gasteiger partial charge in [-0.15, -0.1) is 0 Å². The van der Waals surface area contributed by atoms with Crippen molar-refractivity contribution in [1.29, 1.82) is 0 Å². The van der Waals surface area contributed by atoms with Gasteiger partial charge >= 0.3 is 5.97 Å². The molecule has 0 unspecified atom stereocenters. The predicted molar refractivity (Wildman–Crippen MR) is 59.3 cm³/mol. The molecule has 0 aliphatic carbocycles. The number of hydrogen-bond donors (Lipinski definition) is 0. The molecular weight excluding hydrogens is 200 g/mol. The van der Waals surface area contributed by atoms with Gasteiger partial charge in [0.2, 0.25) is 0 Å². The minimum atomic E-state index is -0.0758. The predicted octanol–water partition coefficient (Wildman–Crippen LogP) is 3.64. The van der Waals surface area contributed by atoms with Crippen LogP contribution in [0.4, 0.5) is 0 Å². The molecule has 0 aromatic heterocycles. The summed E-state index contributed by atoms with van der Waals surface area (Å²) in [6, 6.07) is 0. The molecule has 0 atom stereocenters. The standard InChI is InChI=1S/C11H19ClO2/c1-2-14-11(13)9-7-5-3-4-6-8-10-12/h8,10H,2-7,9H2,1H3. The zero-order valence-corrected chi connectivity index (χ0v) is 9.55. The van der Waals surface area contributed by atoms with Crippen LogP contribution in [0.3, 0.4) is 0 Å². The van der Waals surface area contributed by atoms with E-state index in [1.165, 1.54) is 0 Å². The van der Waals surface area contributed by atoms with Crippen LogP contribution < -0.4 is 0 Å². The number of ether oxygens (including phenoxy) is 1. The monoisotopic (exact) mass is 218 g/mol. The van der Waals surface area contributed by atoms with Gasteiger partial charge in [0, 0.05) is 12.0 Å². The highest BCUT2D eigenvalue weighted by molar-refractivity contribution is 6.25. The first-order chi connectivity index (χ1) is 6.81. The van der Waals surface area contributed by atoms with E-state index >= 15 is 0 Å². The van der Waals surface area contributed by atoms with Crippen LogP contribution >= 0.6 is 11.6 Å². The number of carbonyl (C=O) groups is 1. The first kappa shape index (κ1) is 13.5. The summed E-state index contributed by atoms with van der Waals surface area (Å²) in [4.78, 5) is 10.9. The SMILES string of the molecule is CCOC(=O)CCCCCCC=CCl. The van der Waals surface area contributed by atoms with Crippen molar-refractivity contribution in [2.75, 3.05) is 6.61 Å². The minimum absolute atomic E-state index is 0.0758. The normalized spacial score (nSPS) is 10.7. The van der Waals surface area contributed by atoms with E-state index in [4.69, 9.17) is 16.3 Å². The lowest BCUT2D eigenvalue weighted by Gasteiger charge is -2.01. The van der Waals surface area contributed by atoms with Gasteiger partial charge in [-0.3, -0.25) is 4.79 Å². The lowest BCUT2D eigenvalue weighted by Crippen LogP contribution is -2.02. The molecule has 2 nitrogen and oxygen atoms in total. The molecule has 0 amide bonds. The summed E-state index contributed by atoms with van der Waals surface area (Å²) in [5.74, 6) is -0.0758. The summed E-state index contributed by atoms with van der Waals surface area (Å²) in [6.07, 6.45) is 7.86. The van der Waals surface area contributed by atoms with Crippen LogP contribution in [0.5, 0.6) is 0 Å². The van der Waals surface area contributed by atoms with Gasteiger partial charge in [0.15, 0.2) is 0 Å². The summed E-state index contributed by atoms with van der Waals surface area (Å²) in [7, 11) is 0. The Kier molecular flexibility index (Phi) is 10.2. The van der Waals surface area contributed by atoms with Crippen LogP contribution in [0.1, 0.15) is 45.4 Å². The van der Waals surface area contributed by atoms with Gasteiger partial charge in [0.1, 0.15) is 0 Å². The number of hydrogen-bond acceptors (Lipinski definition) is 2. The Bertz CT molecular complexity index is 167. The van der Waals surface area contributed by atoms with Crippen LogP contribution in [0, 0.1) is 0 Å².